The molecule has 0 N–H and O–H groups in total. The normalized spacial score (nSPS) is 26.0. The van der Waals surface area contributed by atoms with Crippen LogP contribution in [0.25, 0.3) is 0 Å². The number of piperazine rings is 1. The summed E-state index contributed by atoms with van der Waals surface area (Å²) in [5.74, 6) is 0. The summed E-state index contributed by atoms with van der Waals surface area (Å²) in [5.41, 5.74) is 2.95. The van der Waals surface area contributed by atoms with Crippen LogP contribution in [0.3, 0.4) is 0 Å². The molecule has 2 aromatic carbocycles. The van der Waals surface area contributed by atoms with E-state index < -0.39 is 0 Å². The standard InChI is InChI=1S/C22H32N2.BrH/c1-23(15-13-21-9-5-3-6-10-21)17-19-24(2,20-18-23)16-14-22-11-7-4-8-12-22;/h3-12H,13-20H2,1-2H3;1H/q+2;/p-1. The molecule has 1 heterocycles. The van der Waals surface area contributed by atoms with Gasteiger partial charge in [0.25, 0.3) is 0 Å². The van der Waals surface area contributed by atoms with Crippen LogP contribution >= 0.6 is 0 Å². The molecule has 0 amide bonds. The minimum Gasteiger partial charge on any atom is -1.00 e. The SMILES string of the molecule is C[N+]1(CCc2ccccc2)CC[N+](C)(CCc2ccccc2)CC1.[Br-]. The van der Waals surface area contributed by atoms with Crippen molar-refractivity contribution in [3.63, 3.8) is 0 Å². The number of halogens is 1. The van der Waals surface area contributed by atoms with Gasteiger partial charge in [-0.05, 0) is 11.1 Å². The highest BCUT2D eigenvalue weighted by Crippen LogP contribution is 2.18. The van der Waals surface area contributed by atoms with Crippen molar-refractivity contribution in [1.82, 2.24) is 0 Å². The monoisotopic (exact) mass is 403 g/mol. The number of hydrogen-bond acceptors (Lipinski definition) is 0. The molecule has 1 aliphatic heterocycles. The number of likely N-dealkylation sites (N-methyl/N-ethyl adjacent to an activating group) is 2. The second kappa shape index (κ2) is 8.98. The van der Waals surface area contributed by atoms with Gasteiger partial charge in [-0.2, -0.15) is 0 Å². The van der Waals surface area contributed by atoms with E-state index in [0.29, 0.717) is 0 Å². The molecular formula is C22H32BrN2+. The van der Waals surface area contributed by atoms with Gasteiger partial charge in [-0.1, -0.05) is 60.7 Å². The summed E-state index contributed by atoms with van der Waals surface area (Å²) in [7, 11) is 4.90. The summed E-state index contributed by atoms with van der Waals surface area (Å²) in [6.07, 6.45) is 2.40. The van der Waals surface area contributed by atoms with E-state index in [9.17, 15) is 0 Å². The van der Waals surface area contributed by atoms with Crippen molar-refractivity contribution in [3.05, 3.63) is 71.8 Å². The van der Waals surface area contributed by atoms with Gasteiger partial charge in [0, 0.05) is 12.8 Å². The number of nitrogens with zero attached hydrogens (tertiary/aromatic N) is 2. The van der Waals surface area contributed by atoms with Crippen LogP contribution in [-0.2, 0) is 12.8 Å². The van der Waals surface area contributed by atoms with Crippen LogP contribution < -0.4 is 17.0 Å². The van der Waals surface area contributed by atoms with Gasteiger partial charge >= 0.3 is 0 Å². The van der Waals surface area contributed by atoms with Crippen LogP contribution in [0.2, 0.25) is 0 Å². The lowest BCUT2D eigenvalue weighted by Gasteiger charge is -2.46. The van der Waals surface area contributed by atoms with E-state index in [4.69, 9.17) is 0 Å². The van der Waals surface area contributed by atoms with Crippen LogP contribution in [0.15, 0.2) is 60.7 Å². The lowest BCUT2D eigenvalue weighted by atomic mass is 10.1. The summed E-state index contributed by atoms with van der Waals surface area (Å²) in [5, 5.41) is 0. The molecule has 0 spiro atoms. The Morgan fingerprint density at radius 3 is 1.24 bits per heavy atom. The lowest BCUT2D eigenvalue weighted by molar-refractivity contribution is -1.01. The van der Waals surface area contributed by atoms with Gasteiger partial charge in [-0.3, -0.25) is 0 Å². The first kappa shape index (κ1) is 20.2. The van der Waals surface area contributed by atoms with E-state index >= 15 is 0 Å². The molecular weight excluding hydrogens is 372 g/mol. The maximum atomic E-state index is 2.45. The molecule has 0 saturated carbocycles. The average Bonchev–Trinajstić information content (AvgIpc) is 2.64. The predicted octanol–water partition coefficient (Wildman–Crippen LogP) is 0.383. The van der Waals surface area contributed by atoms with E-state index in [1.165, 1.54) is 72.2 Å². The summed E-state index contributed by atoms with van der Waals surface area (Å²) in [6.45, 7) is 7.75. The number of benzene rings is 2. The lowest BCUT2D eigenvalue weighted by Crippen LogP contribution is -3.00. The van der Waals surface area contributed by atoms with Crippen molar-refractivity contribution in [3.8, 4) is 0 Å². The van der Waals surface area contributed by atoms with Gasteiger partial charge in [-0.15, -0.1) is 0 Å². The first-order chi connectivity index (χ1) is 11.6. The molecule has 25 heavy (non-hydrogen) atoms. The topological polar surface area (TPSA) is 0 Å². The molecule has 0 bridgehead atoms. The smallest absolute Gasteiger partial charge is 0.128 e. The first-order valence-electron chi connectivity index (χ1n) is 9.32. The Hall–Kier alpha value is -1.16. The van der Waals surface area contributed by atoms with E-state index in [2.05, 4.69) is 74.8 Å². The van der Waals surface area contributed by atoms with Gasteiger partial charge in [0.1, 0.15) is 26.2 Å². The van der Waals surface area contributed by atoms with Crippen molar-refractivity contribution in [2.45, 2.75) is 12.8 Å². The minimum atomic E-state index is 0. The van der Waals surface area contributed by atoms with E-state index in [0.717, 1.165) is 0 Å². The molecule has 2 aromatic rings. The zero-order valence-corrected chi connectivity index (χ0v) is 17.3. The summed E-state index contributed by atoms with van der Waals surface area (Å²) >= 11 is 0. The highest BCUT2D eigenvalue weighted by Gasteiger charge is 2.36. The third kappa shape index (κ3) is 5.95. The van der Waals surface area contributed by atoms with Crippen LogP contribution in [0.4, 0.5) is 0 Å². The van der Waals surface area contributed by atoms with Gasteiger partial charge in [0.05, 0.1) is 27.2 Å². The zero-order chi connectivity index (χ0) is 16.9. The molecule has 3 rings (SSSR count). The molecule has 0 atom stereocenters. The quantitative estimate of drug-likeness (QED) is 0.611. The Kier molecular flexibility index (Phi) is 7.24. The fourth-order valence-corrected chi connectivity index (χ4v) is 3.72. The van der Waals surface area contributed by atoms with Gasteiger partial charge in [0.15, 0.2) is 0 Å². The average molecular weight is 404 g/mol. The van der Waals surface area contributed by atoms with Crippen LogP contribution in [0, 0.1) is 0 Å². The Morgan fingerprint density at radius 2 is 0.920 bits per heavy atom. The third-order valence-corrected chi connectivity index (χ3v) is 5.93. The molecule has 1 aliphatic rings. The molecule has 1 saturated heterocycles. The molecule has 3 heteroatoms. The summed E-state index contributed by atoms with van der Waals surface area (Å²) < 4.78 is 2.46. The Morgan fingerprint density at radius 1 is 0.600 bits per heavy atom. The molecule has 0 radical (unpaired) electrons. The largest absolute Gasteiger partial charge is 1.00 e. The highest BCUT2D eigenvalue weighted by atomic mass is 79.9. The predicted molar refractivity (Wildman–Crippen MR) is 102 cm³/mol. The van der Waals surface area contributed by atoms with Crippen LogP contribution in [0.5, 0.6) is 0 Å². The zero-order valence-electron chi connectivity index (χ0n) is 15.7. The van der Waals surface area contributed by atoms with Gasteiger partial charge in [0.2, 0.25) is 0 Å². The fraction of sp³-hybridized carbons (Fsp3) is 0.455. The minimum absolute atomic E-state index is 0. The Labute approximate surface area is 164 Å². The van der Waals surface area contributed by atoms with E-state index in [-0.39, 0.29) is 17.0 Å². The molecule has 1 fully saturated rings. The first-order valence-corrected chi connectivity index (χ1v) is 9.32. The van der Waals surface area contributed by atoms with Crippen LogP contribution in [-0.4, -0.2) is 62.3 Å². The fourth-order valence-electron chi connectivity index (χ4n) is 3.72. The van der Waals surface area contributed by atoms with Crippen molar-refractivity contribution >= 4 is 0 Å². The van der Waals surface area contributed by atoms with Gasteiger partial charge in [-0.25, -0.2) is 0 Å². The Balaban J connectivity index is 0.00000225. The number of rotatable bonds is 6. The van der Waals surface area contributed by atoms with Crippen molar-refractivity contribution < 1.29 is 25.9 Å². The maximum Gasteiger partial charge on any atom is 0.128 e. The molecule has 0 unspecified atom stereocenters. The number of hydrogen-bond donors (Lipinski definition) is 0. The molecule has 136 valence electrons. The van der Waals surface area contributed by atoms with Crippen molar-refractivity contribution in [1.29, 1.82) is 0 Å². The van der Waals surface area contributed by atoms with Gasteiger partial charge < -0.3 is 25.9 Å². The molecule has 2 nitrogen and oxygen atoms in total. The molecule has 0 aromatic heterocycles. The number of quaternary nitrogens is 2. The van der Waals surface area contributed by atoms with Crippen molar-refractivity contribution in [2.75, 3.05) is 53.4 Å². The van der Waals surface area contributed by atoms with Crippen molar-refractivity contribution in [2.24, 2.45) is 0 Å². The highest BCUT2D eigenvalue weighted by molar-refractivity contribution is 5.15. The second-order valence-electron chi connectivity index (χ2n) is 8.05. The van der Waals surface area contributed by atoms with E-state index in [1.807, 2.05) is 0 Å². The van der Waals surface area contributed by atoms with Crippen LogP contribution in [0.1, 0.15) is 11.1 Å². The third-order valence-electron chi connectivity index (χ3n) is 5.93. The summed E-state index contributed by atoms with van der Waals surface area (Å²) in [6, 6.07) is 21.9. The molecule has 0 aliphatic carbocycles. The second-order valence-corrected chi connectivity index (χ2v) is 8.05. The Bertz CT molecular complexity index is 561. The van der Waals surface area contributed by atoms with E-state index in [1.54, 1.807) is 0 Å². The summed E-state index contributed by atoms with van der Waals surface area (Å²) in [4.78, 5) is 0. The maximum absolute atomic E-state index is 2.45.